The van der Waals surface area contributed by atoms with E-state index in [2.05, 4.69) is 13.8 Å². The zero-order valence-electron chi connectivity index (χ0n) is 32.6. The van der Waals surface area contributed by atoms with Gasteiger partial charge in [-0.25, -0.2) is 4.79 Å². The molecule has 9 nitrogen and oxygen atoms in total. The number of ether oxygens (including phenoxy) is 4. The third-order valence-corrected chi connectivity index (χ3v) is 8.86. The first-order chi connectivity index (χ1) is 23.6. The highest BCUT2D eigenvalue weighted by atomic mass is 16.7. The molecule has 0 rings (SSSR count). The number of carbonyl (C=O) groups excluding carboxylic acids is 2. The molecule has 49 heavy (non-hydrogen) atoms. The van der Waals surface area contributed by atoms with E-state index in [-0.39, 0.29) is 32.2 Å². The molecule has 290 valence electrons. The lowest BCUT2D eigenvalue weighted by molar-refractivity contribution is -0.870. The molecule has 0 radical (unpaired) electrons. The van der Waals surface area contributed by atoms with Crippen LogP contribution in [0.15, 0.2) is 0 Å². The molecule has 0 aromatic heterocycles. The summed E-state index contributed by atoms with van der Waals surface area (Å²) in [5.74, 6) is -2.00. The van der Waals surface area contributed by atoms with E-state index >= 15 is 0 Å². The summed E-state index contributed by atoms with van der Waals surface area (Å²) in [6, 6.07) is 0. The van der Waals surface area contributed by atoms with Crippen LogP contribution in [0.5, 0.6) is 0 Å². The molecule has 0 bridgehead atoms. The number of rotatable bonds is 37. The van der Waals surface area contributed by atoms with Gasteiger partial charge in [0.1, 0.15) is 13.2 Å². The van der Waals surface area contributed by atoms with Crippen molar-refractivity contribution in [1.82, 2.24) is 0 Å². The lowest BCUT2D eigenvalue weighted by atomic mass is 10.0. The molecule has 0 aromatic rings. The summed E-state index contributed by atoms with van der Waals surface area (Å²) in [5.41, 5.74) is 0. The van der Waals surface area contributed by atoms with E-state index in [0.29, 0.717) is 17.4 Å². The third kappa shape index (κ3) is 34.5. The number of carboxylic acids is 1. The van der Waals surface area contributed by atoms with Gasteiger partial charge in [0.25, 0.3) is 6.29 Å². The number of likely N-dealkylation sites (N-methyl/N-ethyl adjacent to an activating group) is 1. The molecule has 0 aliphatic carbocycles. The second-order valence-electron chi connectivity index (χ2n) is 15.0. The Morgan fingerprint density at radius 3 is 1.31 bits per heavy atom. The number of aliphatic carboxylic acids is 1. The summed E-state index contributed by atoms with van der Waals surface area (Å²) in [5, 5.41) is 9.58. The van der Waals surface area contributed by atoms with Gasteiger partial charge >= 0.3 is 17.9 Å². The molecule has 2 unspecified atom stereocenters. The SMILES string of the molecule is CCCCCCCCCCCCCCCCCC(=O)OC(COC(=O)CCCCCCCCCCC)COC(OCC[N+](C)(C)C)C(=O)O. The molecular weight excluding hydrogens is 622 g/mol. The quantitative estimate of drug-likeness (QED) is 0.0295. The van der Waals surface area contributed by atoms with Crippen LogP contribution in [0.2, 0.25) is 0 Å². The molecule has 0 aliphatic rings. The van der Waals surface area contributed by atoms with Crippen LogP contribution >= 0.6 is 0 Å². The van der Waals surface area contributed by atoms with E-state index < -0.39 is 24.3 Å². The Hall–Kier alpha value is -1.71. The van der Waals surface area contributed by atoms with Crippen molar-refractivity contribution in [2.75, 3.05) is 47.5 Å². The largest absolute Gasteiger partial charge is 0.477 e. The highest BCUT2D eigenvalue weighted by Gasteiger charge is 2.25. The van der Waals surface area contributed by atoms with Gasteiger partial charge in [0.05, 0.1) is 34.4 Å². The van der Waals surface area contributed by atoms with Crippen molar-refractivity contribution >= 4 is 17.9 Å². The van der Waals surface area contributed by atoms with Gasteiger partial charge in [0, 0.05) is 12.8 Å². The summed E-state index contributed by atoms with van der Waals surface area (Å²) in [6.45, 7) is 4.86. The van der Waals surface area contributed by atoms with Crippen LogP contribution in [0.3, 0.4) is 0 Å². The summed E-state index contributed by atoms with van der Waals surface area (Å²) < 4.78 is 22.6. The molecule has 0 amide bonds. The van der Waals surface area contributed by atoms with Crippen LogP contribution < -0.4 is 0 Å². The number of unbranched alkanes of at least 4 members (excludes halogenated alkanes) is 22. The number of carbonyl (C=O) groups is 3. The van der Waals surface area contributed by atoms with Crippen LogP contribution in [0, 0.1) is 0 Å². The molecule has 9 heteroatoms. The van der Waals surface area contributed by atoms with Crippen molar-refractivity contribution in [3.8, 4) is 0 Å². The number of quaternary nitrogens is 1. The normalized spacial score (nSPS) is 12.9. The predicted octanol–water partition coefficient (Wildman–Crippen LogP) is 9.77. The molecule has 1 N–H and O–H groups in total. The smallest absolute Gasteiger partial charge is 0.361 e. The number of hydrogen-bond acceptors (Lipinski definition) is 7. The minimum atomic E-state index is -1.50. The summed E-state index contributed by atoms with van der Waals surface area (Å²) in [6.07, 6.45) is 27.3. The maximum atomic E-state index is 12.7. The van der Waals surface area contributed by atoms with Gasteiger partial charge in [-0.15, -0.1) is 0 Å². The fourth-order valence-electron chi connectivity index (χ4n) is 5.66. The van der Waals surface area contributed by atoms with E-state index in [1.54, 1.807) is 0 Å². The first-order valence-corrected chi connectivity index (χ1v) is 20.2. The van der Waals surface area contributed by atoms with Crippen molar-refractivity contribution in [2.45, 2.75) is 193 Å². The van der Waals surface area contributed by atoms with Gasteiger partial charge in [-0.05, 0) is 12.8 Å². The maximum Gasteiger partial charge on any atom is 0.361 e. The molecule has 0 fully saturated rings. The van der Waals surface area contributed by atoms with E-state index in [1.165, 1.54) is 116 Å². The third-order valence-electron chi connectivity index (χ3n) is 8.86. The molecule has 2 atom stereocenters. The molecule has 0 saturated heterocycles. The van der Waals surface area contributed by atoms with Gasteiger partial charge in [-0.3, -0.25) is 9.59 Å². The number of esters is 2. The van der Waals surface area contributed by atoms with Crippen LogP contribution in [-0.2, 0) is 33.3 Å². The monoisotopic (exact) mass is 701 g/mol. The van der Waals surface area contributed by atoms with Crippen molar-refractivity contribution in [3.05, 3.63) is 0 Å². The number of nitrogens with zero attached hydrogens (tertiary/aromatic N) is 1. The molecule has 0 aliphatic heterocycles. The van der Waals surface area contributed by atoms with Crippen molar-refractivity contribution in [1.29, 1.82) is 0 Å². The standard InChI is InChI=1S/C40H77NO8/c1-6-8-10-12-14-16-17-18-19-20-21-23-25-27-29-31-38(43)49-36(35-48-40(39(44)45)46-33-32-41(3,4)5)34-47-37(42)30-28-26-24-22-15-13-11-9-7-2/h36,40H,6-35H2,1-5H3/p+1. The van der Waals surface area contributed by atoms with Gasteiger partial charge < -0.3 is 28.5 Å². The average molecular weight is 701 g/mol. The van der Waals surface area contributed by atoms with E-state index in [4.69, 9.17) is 18.9 Å². The van der Waals surface area contributed by atoms with Crippen LogP contribution in [0.1, 0.15) is 181 Å². The molecular formula is C40H78NO8+. The molecule has 0 aromatic carbocycles. The topological polar surface area (TPSA) is 108 Å². The van der Waals surface area contributed by atoms with Gasteiger partial charge in [-0.2, -0.15) is 0 Å². The fourth-order valence-corrected chi connectivity index (χ4v) is 5.66. The number of carboxylic acid groups (broad SMARTS) is 1. The second-order valence-corrected chi connectivity index (χ2v) is 15.0. The highest BCUT2D eigenvalue weighted by Crippen LogP contribution is 2.15. The molecule has 0 heterocycles. The lowest BCUT2D eigenvalue weighted by Gasteiger charge is -2.25. The Morgan fingerprint density at radius 2 is 0.918 bits per heavy atom. The van der Waals surface area contributed by atoms with Crippen LogP contribution in [0.25, 0.3) is 0 Å². The fraction of sp³-hybridized carbons (Fsp3) is 0.925. The van der Waals surface area contributed by atoms with Gasteiger partial charge in [0.2, 0.25) is 0 Å². The van der Waals surface area contributed by atoms with E-state index in [0.717, 1.165) is 38.5 Å². The van der Waals surface area contributed by atoms with E-state index in [1.807, 2.05) is 21.1 Å². The maximum absolute atomic E-state index is 12.7. The molecule has 0 spiro atoms. The Balaban J connectivity index is 4.45. The summed E-state index contributed by atoms with van der Waals surface area (Å²) in [7, 11) is 5.95. The Kier molecular flexibility index (Phi) is 32.3. The zero-order valence-corrected chi connectivity index (χ0v) is 32.6. The first-order valence-electron chi connectivity index (χ1n) is 20.2. The number of hydrogen-bond donors (Lipinski definition) is 1. The zero-order chi connectivity index (χ0) is 36.4. The Bertz CT molecular complexity index is 785. The van der Waals surface area contributed by atoms with Crippen LogP contribution in [-0.4, -0.2) is 87.4 Å². The lowest BCUT2D eigenvalue weighted by Crippen LogP contribution is -2.40. The van der Waals surface area contributed by atoms with Crippen molar-refractivity contribution < 1.29 is 42.9 Å². The summed E-state index contributed by atoms with van der Waals surface area (Å²) in [4.78, 5) is 36.8. The van der Waals surface area contributed by atoms with E-state index in [9.17, 15) is 19.5 Å². The van der Waals surface area contributed by atoms with Crippen molar-refractivity contribution in [3.63, 3.8) is 0 Å². The van der Waals surface area contributed by atoms with Crippen molar-refractivity contribution in [2.24, 2.45) is 0 Å². The highest BCUT2D eigenvalue weighted by molar-refractivity contribution is 5.71. The minimum absolute atomic E-state index is 0.175. The second kappa shape index (κ2) is 33.4. The Labute approximate surface area is 301 Å². The average Bonchev–Trinajstić information content (AvgIpc) is 3.05. The minimum Gasteiger partial charge on any atom is -0.477 e. The predicted molar refractivity (Wildman–Crippen MR) is 198 cm³/mol. The van der Waals surface area contributed by atoms with Crippen LogP contribution in [0.4, 0.5) is 0 Å². The molecule has 0 saturated carbocycles. The van der Waals surface area contributed by atoms with Gasteiger partial charge in [-0.1, -0.05) is 155 Å². The first kappa shape index (κ1) is 47.3. The van der Waals surface area contributed by atoms with Gasteiger partial charge in [0.15, 0.2) is 6.10 Å². The Morgan fingerprint density at radius 1 is 0.531 bits per heavy atom. The summed E-state index contributed by atoms with van der Waals surface area (Å²) >= 11 is 0.